The van der Waals surface area contributed by atoms with Gasteiger partial charge in [0.15, 0.2) is 0 Å². The number of nitrogens with one attached hydrogen (secondary N) is 1. The Hall–Kier alpha value is -2.15. The van der Waals surface area contributed by atoms with E-state index in [-0.39, 0.29) is 0 Å². The van der Waals surface area contributed by atoms with E-state index >= 15 is 0 Å². The van der Waals surface area contributed by atoms with Crippen molar-refractivity contribution in [1.29, 1.82) is 5.26 Å². The van der Waals surface area contributed by atoms with Crippen molar-refractivity contribution in [2.75, 3.05) is 13.1 Å². The monoisotopic (exact) mass is 333 g/mol. The molecule has 0 radical (unpaired) electrons. The first-order valence-corrected chi connectivity index (χ1v) is 9.33. The summed E-state index contributed by atoms with van der Waals surface area (Å²) >= 11 is 0. The van der Waals surface area contributed by atoms with Crippen molar-refractivity contribution in [2.45, 2.75) is 45.3 Å². The van der Waals surface area contributed by atoms with E-state index in [0.717, 1.165) is 19.6 Å². The van der Waals surface area contributed by atoms with Gasteiger partial charge in [0.1, 0.15) is 0 Å². The van der Waals surface area contributed by atoms with Gasteiger partial charge in [-0.2, -0.15) is 5.26 Å². The summed E-state index contributed by atoms with van der Waals surface area (Å²) in [5.74, 6) is 0. The molecule has 25 heavy (non-hydrogen) atoms. The van der Waals surface area contributed by atoms with Crippen molar-refractivity contribution in [2.24, 2.45) is 0 Å². The summed E-state index contributed by atoms with van der Waals surface area (Å²) in [6.07, 6.45) is 5.45. The molecule has 0 atom stereocenters. The summed E-state index contributed by atoms with van der Waals surface area (Å²) in [5.41, 5.74) is 4.67. The smallest absolute Gasteiger partial charge is 0.0991 e. The molecule has 3 heteroatoms. The predicted octanol–water partition coefficient (Wildman–Crippen LogP) is 4.22. The number of benzene rings is 2. The Labute approximate surface area is 151 Å². The number of rotatable bonds is 6. The Morgan fingerprint density at radius 3 is 2.24 bits per heavy atom. The summed E-state index contributed by atoms with van der Waals surface area (Å²) in [5, 5.41) is 12.3. The van der Waals surface area contributed by atoms with Gasteiger partial charge in [0.05, 0.1) is 11.6 Å². The van der Waals surface area contributed by atoms with Gasteiger partial charge in [0, 0.05) is 19.6 Å². The number of likely N-dealkylation sites (tertiary alicyclic amines) is 1. The highest BCUT2D eigenvalue weighted by Crippen LogP contribution is 2.14. The summed E-state index contributed by atoms with van der Waals surface area (Å²) in [7, 11) is 0. The number of hydrogen-bond acceptors (Lipinski definition) is 3. The molecule has 0 bridgehead atoms. The van der Waals surface area contributed by atoms with E-state index in [9.17, 15) is 0 Å². The largest absolute Gasteiger partial charge is 0.309 e. The maximum absolute atomic E-state index is 8.84. The zero-order valence-electron chi connectivity index (χ0n) is 14.9. The summed E-state index contributed by atoms with van der Waals surface area (Å²) in [6, 6.07) is 18.9. The molecule has 3 nitrogen and oxygen atoms in total. The van der Waals surface area contributed by atoms with Crippen LogP contribution in [-0.4, -0.2) is 18.0 Å². The molecule has 1 N–H and O–H groups in total. The average molecular weight is 333 g/mol. The van der Waals surface area contributed by atoms with Crippen LogP contribution in [0.25, 0.3) is 0 Å². The van der Waals surface area contributed by atoms with Crippen LogP contribution in [0.2, 0.25) is 0 Å². The first-order chi connectivity index (χ1) is 12.3. The fraction of sp³-hybridized carbons (Fsp3) is 0.409. The van der Waals surface area contributed by atoms with E-state index in [1.54, 1.807) is 0 Å². The molecule has 1 saturated heterocycles. The Kier molecular flexibility index (Phi) is 6.62. The molecule has 0 unspecified atom stereocenters. The lowest BCUT2D eigenvalue weighted by Crippen LogP contribution is -2.24. The SMILES string of the molecule is N#Cc1ccc(CNCc2cccc(CN3CCCCCC3)c2)cc1. The van der Waals surface area contributed by atoms with E-state index in [1.807, 2.05) is 24.3 Å². The zero-order valence-corrected chi connectivity index (χ0v) is 14.9. The second-order valence-electron chi connectivity index (χ2n) is 6.92. The number of nitriles is 1. The maximum atomic E-state index is 8.84. The molecule has 0 aliphatic carbocycles. The van der Waals surface area contributed by atoms with Gasteiger partial charge in [0.2, 0.25) is 0 Å². The van der Waals surface area contributed by atoms with E-state index in [2.05, 4.69) is 40.6 Å². The van der Waals surface area contributed by atoms with E-state index in [0.29, 0.717) is 5.56 Å². The lowest BCUT2D eigenvalue weighted by Gasteiger charge is -2.20. The predicted molar refractivity (Wildman–Crippen MR) is 102 cm³/mol. The van der Waals surface area contributed by atoms with Crippen LogP contribution in [0.1, 0.15) is 47.9 Å². The highest BCUT2D eigenvalue weighted by atomic mass is 15.1. The highest BCUT2D eigenvalue weighted by molar-refractivity contribution is 5.31. The van der Waals surface area contributed by atoms with Gasteiger partial charge in [-0.3, -0.25) is 4.90 Å². The molecular formula is C22H27N3. The van der Waals surface area contributed by atoms with Gasteiger partial charge in [-0.05, 0) is 54.8 Å². The number of hydrogen-bond donors (Lipinski definition) is 1. The van der Waals surface area contributed by atoms with Crippen LogP contribution in [0.5, 0.6) is 0 Å². The zero-order chi connectivity index (χ0) is 17.3. The molecule has 2 aromatic carbocycles. The Balaban J connectivity index is 1.49. The van der Waals surface area contributed by atoms with Gasteiger partial charge >= 0.3 is 0 Å². The molecule has 3 rings (SSSR count). The van der Waals surface area contributed by atoms with E-state index in [4.69, 9.17) is 5.26 Å². The topological polar surface area (TPSA) is 39.1 Å². The minimum atomic E-state index is 0.713. The third kappa shape index (κ3) is 5.70. The molecule has 0 saturated carbocycles. The van der Waals surface area contributed by atoms with Crippen molar-refractivity contribution in [3.05, 3.63) is 70.8 Å². The lowest BCUT2D eigenvalue weighted by molar-refractivity contribution is 0.277. The van der Waals surface area contributed by atoms with E-state index < -0.39 is 0 Å². The standard InChI is InChI=1S/C22H27N3/c23-15-19-8-10-20(11-9-19)16-24-17-21-6-5-7-22(14-21)18-25-12-3-1-2-4-13-25/h5-11,14,24H,1-4,12-13,16-18H2. The van der Waals surface area contributed by atoms with Crippen LogP contribution in [0.4, 0.5) is 0 Å². The Bertz CT molecular complexity index is 692. The van der Waals surface area contributed by atoms with Gasteiger partial charge in [-0.1, -0.05) is 49.2 Å². The van der Waals surface area contributed by atoms with Crippen LogP contribution in [-0.2, 0) is 19.6 Å². The Morgan fingerprint density at radius 1 is 0.840 bits per heavy atom. The van der Waals surface area contributed by atoms with Gasteiger partial charge in [0.25, 0.3) is 0 Å². The van der Waals surface area contributed by atoms with Crippen LogP contribution in [0.15, 0.2) is 48.5 Å². The molecule has 1 heterocycles. The lowest BCUT2D eigenvalue weighted by atomic mass is 10.1. The molecule has 0 spiro atoms. The fourth-order valence-corrected chi connectivity index (χ4v) is 3.44. The first kappa shape index (κ1) is 17.7. The van der Waals surface area contributed by atoms with Gasteiger partial charge in [-0.15, -0.1) is 0 Å². The average Bonchev–Trinajstić information content (AvgIpc) is 2.91. The molecular weight excluding hydrogens is 306 g/mol. The van der Waals surface area contributed by atoms with Crippen LogP contribution >= 0.6 is 0 Å². The molecule has 2 aromatic rings. The molecule has 1 fully saturated rings. The van der Waals surface area contributed by atoms with Crippen molar-refractivity contribution in [3.63, 3.8) is 0 Å². The summed E-state index contributed by atoms with van der Waals surface area (Å²) in [6.45, 7) is 5.24. The minimum absolute atomic E-state index is 0.713. The molecule has 1 aliphatic rings. The van der Waals surface area contributed by atoms with Gasteiger partial charge in [-0.25, -0.2) is 0 Å². The summed E-state index contributed by atoms with van der Waals surface area (Å²) < 4.78 is 0. The van der Waals surface area contributed by atoms with Gasteiger partial charge < -0.3 is 5.32 Å². The molecule has 130 valence electrons. The molecule has 1 aliphatic heterocycles. The van der Waals surface area contributed by atoms with Crippen LogP contribution in [0.3, 0.4) is 0 Å². The third-order valence-corrected chi connectivity index (χ3v) is 4.84. The summed E-state index contributed by atoms with van der Waals surface area (Å²) in [4.78, 5) is 2.59. The molecule has 0 amide bonds. The van der Waals surface area contributed by atoms with E-state index in [1.165, 1.54) is 55.5 Å². The second-order valence-corrected chi connectivity index (χ2v) is 6.92. The Morgan fingerprint density at radius 2 is 1.52 bits per heavy atom. The highest BCUT2D eigenvalue weighted by Gasteiger charge is 2.09. The van der Waals surface area contributed by atoms with Crippen molar-refractivity contribution >= 4 is 0 Å². The quantitative estimate of drug-likeness (QED) is 0.860. The van der Waals surface area contributed by atoms with Crippen molar-refractivity contribution in [1.82, 2.24) is 10.2 Å². The normalized spacial score (nSPS) is 15.5. The molecule has 0 aromatic heterocycles. The maximum Gasteiger partial charge on any atom is 0.0991 e. The van der Waals surface area contributed by atoms with Crippen LogP contribution in [0, 0.1) is 11.3 Å². The van der Waals surface area contributed by atoms with Crippen molar-refractivity contribution < 1.29 is 0 Å². The van der Waals surface area contributed by atoms with Crippen LogP contribution < -0.4 is 5.32 Å². The van der Waals surface area contributed by atoms with Crippen molar-refractivity contribution in [3.8, 4) is 6.07 Å². The third-order valence-electron chi connectivity index (χ3n) is 4.84. The number of nitrogens with zero attached hydrogens (tertiary/aromatic N) is 2. The second kappa shape index (κ2) is 9.36. The first-order valence-electron chi connectivity index (χ1n) is 9.33. The minimum Gasteiger partial charge on any atom is -0.309 e. The fourth-order valence-electron chi connectivity index (χ4n) is 3.44.